The lowest BCUT2D eigenvalue weighted by molar-refractivity contribution is -0.119. The Morgan fingerprint density at radius 3 is 2.94 bits per heavy atom. The molecule has 2 N–H and O–H groups in total. The maximum Gasteiger partial charge on any atom is 0.229 e. The number of rotatable bonds is 6. The summed E-state index contributed by atoms with van der Waals surface area (Å²) in [7, 11) is 0. The molecule has 0 fully saturated rings. The smallest absolute Gasteiger partial charge is 0.229 e. The minimum atomic E-state index is -0.0671. The monoisotopic (exact) mass is 410 g/mol. The van der Waals surface area contributed by atoms with Crippen molar-refractivity contribution in [1.82, 2.24) is 15.2 Å². The van der Waals surface area contributed by atoms with E-state index in [0.717, 1.165) is 49.1 Å². The van der Waals surface area contributed by atoms with Crippen LogP contribution in [0.1, 0.15) is 36.6 Å². The van der Waals surface area contributed by atoms with Gasteiger partial charge in [0.05, 0.1) is 5.69 Å². The van der Waals surface area contributed by atoms with E-state index in [0.29, 0.717) is 5.82 Å². The minimum Gasteiger partial charge on any atom is -0.309 e. The van der Waals surface area contributed by atoms with Crippen molar-refractivity contribution in [2.45, 2.75) is 39.0 Å². The lowest BCUT2D eigenvalue weighted by atomic mass is 10.0. The third-order valence-electron chi connectivity index (χ3n) is 6.17. The highest BCUT2D eigenvalue weighted by atomic mass is 16.2. The second-order valence-electron chi connectivity index (χ2n) is 8.33. The molecule has 31 heavy (non-hydrogen) atoms. The van der Waals surface area contributed by atoms with Crippen molar-refractivity contribution >= 4 is 22.5 Å². The van der Waals surface area contributed by atoms with Gasteiger partial charge in [0.2, 0.25) is 5.91 Å². The molecule has 2 aromatic heterocycles. The fraction of sp³-hybridized carbons (Fsp3) is 0.269. The summed E-state index contributed by atoms with van der Waals surface area (Å²) in [6.45, 7) is 2.18. The normalized spacial score (nSPS) is 15.2. The van der Waals surface area contributed by atoms with Gasteiger partial charge in [-0.05, 0) is 59.7 Å². The van der Waals surface area contributed by atoms with E-state index in [1.165, 1.54) is 21.9 Å². The van der Waals surface area contributed by atoms with Crippen molar-refractivity contribution in [3.05, 3.63) is 77.6 Å². The molecule has 0 saturated heterocycles. The van der Waals surface area contributed by atoms with Crippen molar-refractivity contribution in [3.63, 3.8) is 0 Å². The summed E-state index contributed by atoms with van der Waals surface area (Å²) < 4.78 is 0. The van der Waals surface area contributed by atoms with Crippen LogP contribution >= 0.6 is 0 Å². The first-order chi connectivity index (χ1) is 15.2. The summed E-state index contributed by atoms with van der Waals surface area (Å²) >= 11 is 0. The van der Waals surface area contributed by atoms with Gasteiger partial charge >= 0.3 is 0 Å². The summed E-state index contributed by atoms with van der Waals surface area (Å²) in [4.78, 5) is 17.4. The standard InChI is InChI=1S/C26H26N4O/c1-2-3-7-21-14-19(11-12-27-21)24-16-25(30-29-24)28-26(31)20-13-18-10-9-17-6-4-5-8-22(17)23(18)15-20/h4-6,8-12,14,16,20H,2-3,7,13,15H2,1H3,(H2,28,29,30,31). The largest absolute Gasteiger partial charge is 0.309 e. The number of unbranched alkanes of at least 4 members (excludes halogenated alkanes) is 1. The number of benzene rings is 2. The van der Waals surface area contributed by atoms with Crippen LogP contribution in [-0.2, 0) is 24.1 Å². The van der Waals surface area contributed by atoms with E-state index < -0.39 is 0 Å². The van der Waals surface area contributed by atoms with Gasteiger partial charge in [0.15, 0.2) is 5.82 Å². The molecule has 1 aliphatic carbocycles. The zero-order valence-electron chi connectivity index (χ0n) is 17.7. The van der Waals surface area contributed by atoms with Crippen LogP contribution < -0.4 is 5.32 Å². The van der Waals surface area contributed by atoms with E-state index in [4.69, 9.17) is 0 Å². The summed E-state index contributed by atoms with van der Waals surface area (Å²) in [6.07, 6.45) is 6.62. The van der Waals surface area contributed by atoms with Crippen molar-refractivity contribution in [3.8, 4) is 11.3 Å². The van der Waals surface area contributed by atoms with Crippen molar-refractivity contribution in [2.75, 3.05) is 5.32 Å². The highest BCUT2D eigenvalue weighted by molar-refractivity contribution is 5.95. The topological polar surface area (TPSA) is 70.7 Å². The van der Waals surface area contributed by atoms with E-state index in [1.807, 2.05) is 18.3 Å². The van der Waals surface area contributed by atoms with Crippen molar-refractivity contribution < 1.29 is 4.79 Å². The van der Waals surface area contributed by atoms with Gasteiger partial charge in [0, 0.05) is 29.4 Å². The Bertz CT molecular complexity index is 1240. The molecule has 5 rings (SSSR count). The number of carbonyl (C=O) groups excluding carboxylic acids is 1. The molecule has 1 unspecified atom stereocenters. The number of carbonyl (C=O) groups is 1. The molecular formula is C26H26N4O. The molecule has 5 nitrogen and oxygen atoms in total. The highest BCUT2D eigenvalue weighted by Gasteiger charge is 2.29. The first-order valence-electron chi connectivity index (χ1n) is 11.0. The number of nitrogens with one attached hydrogen (secondary N) is 2. The third-order valence-corrected chi connectivity index (χ3v) is 6.17. The molecule has 0 spiro atoms. The Balaban J connectivity index is 1.29. The average Bonchev–Trinajstić information content (AvgIpc) is 3.45. The van der Waals surface area contributed by atoms with Crippen LogP contribution in [0.2, 0.25) is 0 Å². The molecule has 0 bridgehead atoms. The first kappa shape index (κ1) is 19.5. The Labute approximate surface area is 181 Å². The zero-order chi connectivity index (χ0) is 21.2. The maximum atomic E-state index is 13.0. The zero-order valence-corrected chi connectivity index (χ0v) is 17.7. The summed E-state index contributed by atoms with van der Waals surface area (Å²) in [6, 6.07) is 18.7. The Morgan fingerprint density at radius 2 is 2.03 bits per heavy atom. The number of nitrogens with zero attached hydrogens (tertiary/aromatic N) is 2. The Morgan fingerprint density at radius 1 is 1.13 bits per heavy atom. The molecule has 0 saturated carbocycles. The molecule has 1 amide bonds. The number of hydrogen-bond donors (Lipinski definition) is 2. The second kappa shape index (κ2) is 8.34. The molecule has 2 aromatic carbocycles. The molecule has 0 radical (unpaired) electrons. The molecular weight excluding hydrogens is 384 g/mol. The predicted octanol–water partition coefficient (Wildman–Crippen LogP) is 5.32. The number of pyridine rings is 1. The van der Waals surface area contributed by atoms with Crippen LogP contribution in [0.3, 0.4) is 0 Å². The molecule has 5 heteroatoms. The molecule has 156 valence electrons. The van der Waals surface area contributed by atoms with Gasteiger partial charge < -0.3 is 5.32 Å². The van der Waals surface area contributed by atoms with Crippen molar-refractivity contribution in [2.24, 2.45) is 5.92 Å². The van der Waals surface area contributed by atoms with E-state index in [2.05, 4.69) is 69.9 Å². The van der Waals surface area contributed by atoms with Crippen LogP contribution in [0.5, 0.6) is 0 Å². The minimum absolute atomic E-state index is 0.0247. The molecule has 4 aromatic rings. The van der Waals surface area contributed by atoms with Gasteiger partial charge in [-0.25, -0.2) is 0 Å². The number of hydrogen-bond acceptors (Lipinski definition) is 3. The summed E-state index contributed by atoms with van der Waals surface area (Å²) in [5.74, 6) is 0.520. The van der Waals surface area contributed by atoms with Crippen LogP contribution in [0, 0.1) is 5.92 Å². The fourth-order valence-electron chi connectivity index (χ4n) is 4.49. The van der Waals surface area contributed by atoms with Gasteiger partial charge in [-0.2, -0.15) is 5.10 Å². The SMILES string of the molecule is CCCCc1cc(-c2cc(NC(=O)C3Cc4ccc5ccccc5c4C3)n[nH]2)ccn1. The van der Waals surface area contributed by atoms with Crippen LogP contribution in [0.15, 0.2) is 60.8 Å². The number of anilines is 1. The van der Waals surface area contributed by atoms with E-state index in [1.54, 1.807) is 0 Å². The van der Waals surface area contributed by atoms with Gasteiger partial charge in [-0.1, -0.05) is 49.7 Å². The Kier molecular flexibility index (Phi) is 5.24. The van der Waals surface area contributed by atoms with Crippen LogP contribution in [0.4, 0.5) is 5.82 Å². The summed E-state index contributed by atoms with van der Waals surface area (Å²) in [5.41, 5.74) is 5.58. The number of aryl methyl sites for hydroxylation is 1. The van der Waals surface area contributed by atoms with Gasteiger partial charge in [0.25, 0.3) is 0 Å². The number of fused-ring (bicyclic) bond motifs is 3. The molecule has 1 atom stereocenters. The highest BCUT2D eigenvalue weighted by Crippen LogP contribution is 2.33. The lowest BCUT2D eigenvalue weighted by Crippen LogP contribution is -2.23. The van der Waals surface area contributed by atoms with Gasteiger partial charge in [-0.3, -0.25) is 14.9 Å². The first-order valence-corrected chi connectivity index (χ1v) is 11.0. The molecule has 2 heterocycles. The van der Waals surface area contributed by atoms with Gasteiger partial charge in [0.1, 0.15) is 0 Å². The van der Waals surface area contributed by atoms with E-state index >= 15 is 0 Å². The third kappa shape index (κ3) is 3.96. The van der Waals surface area contributed by atoms with Crippen LogP contribution in [-0.4, -0.2) is 21.1 Å². The predicted molar refractivity (Wildman–Crippen MR) is 124 cm³/mol. The lowest BCUT2D eigenvalue weighted by Gasteiger charge is -2.08. The molecule has 1 aliphatic rings. The number of amides is 1. The van der Waals surface area contributed by atoms with E-state index in [-0.39, 0.29) is 11.8 Å². The summed E-state index contributed by atoms with van der Waals surface area (Å²) in [5, 5.41) is 12.9. The second-order valence-corrected chi connectivity index (χ2v) is 8.33. The average molecular weight is 411 g/mol. The molecule has 0 aliphatic heterocycles. The van der Waals surface area contributed by atoms with Gasteiger partial charge in [-0.15, -0.1) is 0 Å². The maximum absolute atomic E-state index is 13.0. The van der Waals surface area contributed by atoms with Crippen LogP contribution in [0.25, 0.3) is 22.0 Å². The number of aromatic amines is 1. The fourth-order valence-corrected chi connectivity index (χ4v) is 4.49. The Hall–Kier alpha value is -3.47. The van der Waals surface area contributed by atoms with Crippen molar-refractivity contribution in [1.29, 1.82) is 0 Å². The number of aromatic nitrogens is 3. The number of H-pyrrole nitrogens is 1. The van der Waals surface area contributed by atoms with E-state index in [9.17, 15) is 4.79 Å². The quantitative estimate of drug-likeness (QED) is 0.452.